The number of carbonyl (C=O) groups is 2. The fraction of sp³-hybridized carbons (Fsp3) is 0.455. The number of ether oxygens (including phenoxy) is 2. The Balaban J connectivity index is 1.81. The molecule has 0 aromatic carbocycles. The van der Waals surface area contributed by atoms with Crippen LogP contribution in [0.4, 0.5) is 25.2 Å². The first kappa shape index (κ1) is 24.1. The number of aryl methyl sites for hydroxylation is 1. The summed E-state index contributed by atoms with van der Waals surface area (Å²) in [6.45, 7) is 3.25. The van der Waals surface area contributed by atoms with Gasteiger partial charge in [-0.15, -0.1) is 0 Å². The minimum absolute atomic E-state index is 0.0551. The maximum atomic E-state index is 14.2. The number of hydrogen-bond donors (Lipinski definition) is 2. The number of nitrogens with one attached hydrogen (secondary N) is 1. The quantitative estimate of drug-likeness (QED) is 0.613. The van der Waals surface area contributed by atoms with Gasteiger partial charge in [-0.05, 0) is 38.0 Å². The van der Waals surface area contributed by atoms with E-state index in [2.05, 4.69) is 15.3 Å². The summed E-state index contributed by atoms with van der Waals surface area (Å²) < 4.78 is 38.5. The van der Waals surface area contributed by atoms with Gasteiger partial charge in [-0.1, -0.05) is 6.07 Å². The topological polar surface area (TPSA) is 120 Å². The number of carbonyl (C=O) groups excluding carboxylic acids is 2. The van der Waals surface area contributed by atoms with Gasteiger partial charge in [-0.25, -0.2) is 23.5 Å². The average Bonchev–Trinajstić information content (AvgIpc) is 2.75. The van der Waals surface area contributed by atoms with E-state index < -0.39 is 30.5 Å². The molecule has 3 rings (SSSR count). The number of likely N-dealkylation sites (tertiary alicyclic amines) is 1. The molecule has 9 nitrogen and oxygen atoms in total. The highest BCUT2D eigenvalue weighted by atomic mass is 19.3. The number of nitrogens with two attached hydrogens (primary N) is 1. The minimum Gasteiger partial charge on any atom is -0.494 e. The van der Waals surface area contributed by atoms with Gasteiger partial charge < -0.3 is 25.4 Å². The van der Waals surface area contributed by atoms with Gasteiger partial charge in [0.2, 0.25) is 0 Å². The Kier molecular flexibility index (Phi) is 7.62. The molecule has 3 heterocycles. The standard InChI is InChI=1S/C22H27F2N5O4/c1-3-32-16-7-10-26-18(12-16)27-17-5-4-14(2)19(28-17)20(30)29-13-22(23,24)9-6-15(29)8-11-33-21(25)31/h4-5,7,10,12,15H,3,6,8-9,11,13H2,1-2H3,(H2,25,31)(H,26,27,28). The number of pyridine rings is 2. The highest BCUT2D eigenvalue weighted by Crippen LogP contribution is 2.33. The smallest absolute Gasteiger partial charge is 0.404 e. The van der Waals surface area contributed by atoms with Crippen molar-refractivity contribution in [3.63, 3.8) is 0 Å². The number of piperidine rings is 1. The van der Waals surface area contributed by atoms with Crippen LogP contribution in [0, 0.1) is 6.92 Å². The van der Waals surface area contributed by atoms with Gasteiger partial charge in [0, 0.05) is 31.1 Å². The van der Waals surface area contributed by atoms with Crippen molar-refractivity contribution in [1.29, 1.82) is 0 Å². The summed E-state index contributed by atoms with van der Waals surface area (Å²) in [6.07, 6.45) is 0.546. The fourth-order valence-corrected chi connectivity index (χ4v) is 3.64. The van der Waals surface area contributed by atoms with E-state index in [1.54, 1.807) is 37.4 Å². The molecule has 1 unspecified atom stereocenters. The summed E-state index contributed by atoms with van der Waals surface area (Å²) in [5.41, 5.74) is 5.57. The molecule has 2 aromatic rings. The molecule has 1 atom stereocenters. The van der Waals surface area contributed by atoms with E-state index in [-0.39, 0.29) is 31.6 Å². The van der Waals surface area contributed by atoms with Crippen molar-refractivity contribution >= 4 is 23.6 Å². The van der Waals surface area contributed by atoms with Crippen molar-refractivity contribution in [2.45, 2.75) is 45.1 Å². The van der Waals surface area contributed by atoms with Crippen LogP contribution in [0.1, 0.15) is 42.2 Å². The molecule has 0 radical (unpaired) electrons. The number of primary amides is 1. The molecule has 0 saturated carbocycles. The predicted molar refractivity (Wildman–Crippen MR) is 117 cm³/mol. The molecule has 2 amide bonds. The Bertz CT molecular complexity index is 1000. The maximum absolute atomic E-state index is 14.2. The first-order valence-corrected chi connectivity index (χ1v) is 10.6. The Labute approximate surface area is 190 Å². The summed E-state index contributed by atoms with van der Waals surface area (Å²) >= 11 is 0. The number of halogens is 2. The molecular formula is C22H27F2N5O4. The van der Waals surface area contributed by atoms with Crippen molar-refractivity contribution in [3.8, 4) is 5.75 Å². The molecule has 2 aromatic heterocycles. The van der Waals surface area contributed by atoms with Gasteiger partial charge in [0.25, 0.3) is 11.8 Å². The van der Waals surface area contributed by atoms with Crippen LogP contribution in [-0.4, -0.2) is 58.6 Å². The van der Waals surface area contributed by atoms with Gasteiger partial charge >= 0.3 is 6.09 Å². The van der Waals surface area contributed by atoms with Crippen LogP contribution in [0.3, 0.4) is 0 Å². The van der Waals surface area contributed by atoms with Crippen LogP contribution in [0.5, 0.6) is 5.75 Å². The molecular weight excluding hydrogens is 436 g/mol. The first-order chi connectivity index (χ1) is 15.7. The van der Waals surface area contributed by atoms with E-state index in [0.717, 1.165) is 4.90 Å². The van der Waals surface area contributed by atoms with Gasteiger partial charge in [0.1, 0.15) is 23.1 Å². The molecule has 0 bridgehead atoms. The minimum atomic E-state index is -3.01. The van der Waals surface area contributed by atoms with Gasteiger partial charge in [-0.2, -0.15) is 0 Å². The zero-order chi connectivity index (χ0) is 24.0. The molecule has 0 aliphatic carbocycles. The number of alkyl halides is 2. The molecule has 33 heavy (non-hydrogen) atoms. The zero-order valence-corrected chi connectivity index (χ0v) is 18.5. The number of anilines is 2. The fourth-order valence-electron chi connectivity index (χ4n) is 3.64. The van der Waals surface area contributed by atoms with E-state index in [9.17, 15) is 18.4 Å². The number of aromatic nitrogens is 2. The van der Waals surface area contributed by atoms with Crippen LogP contribution in [0.25, 0.3) is 0 Å². The van der Waals surface area contributed by atoms with Crippen LogP contribution in [0.15, 0.2) is 30.5 Å². The molecule has 178 valence electrons. The Morgan fingerprint density at radius 1 is 1.30 bits per heavy atom. The Morgan fingerprint density at radius 2 is 2.09 bits per heavy atom. The van der Waals surface area contributed by atoms with E-state index in [1.807, 2.05) is 6.92 Å². The highest BCUT2D eigenvalue weighted by molar-refractivity contribution is 5.94. The lowest BCUT2D eigenvalue weighted by molar-refractivity contribution is -0.0747. The van der Waals surface area contributed by atoms with Crippen molar-refractivity contribution in [1.82, 2.24) is 14.9 Å². The number of nitrogens with zero attached hydrogens (tertiary/aromatic N) is 3. The van der Waals surface area contributed by atoms with Gasteiger partial charge in [0.15, 0.2) is 0 Å². The van der Waals surface area contributed by atoms with Gasteiger partial charge in [-0.3, -0.25) is 4.79 Å². The normalized spacial score (nSPS) is 17.3. The SMILES string of the molecule is CCOc1ccnc(Nc2ccc(C)c(C(=O)N3CC(F)(F)CCC3CCOC(N)=O)n2)c1. The number of rotatable bonds is 8. The van der Waals surface area contributed by atoms with Crippen LogP contribution in [-0.2, 0) is 4.74 Å². The zero-order valence-electron chi connectivity index (χ0n) is 18.5. The van der Waals surface area contributed by atoms with Crippen molar-refractivity contribution in [2.24, 2.45) is 5.73 Å². The van der Waals surface area contributed by atoms with E-state index >= 15 is 0 Å². The maximum Gasteiger partial charge on any atom is 0.404 e. The second-order valence-electron chi connectivity index (χ2n) is 7.73. The Hall–Kier alpha value is -3.50. The van der Waals surface area contributed by atoms with Crippen molar-refractivity contribution < 1.29 is 27.8 Å². The van der Waals surface area contributed by atoms with Crippen LogP contribution >= 0.6 is 0 Å². The summed E-state index contributed by atoms with van der Waals surface area (Å²) in [6, 6.07) is 6.22. The van der Waals surface area contributed by atoms with Crippen LogP contribution < -0.4 is 15.8 Å². The van der Waals surface area contributed by atoms with Gasteiger partial charge in [0.05, 0.1) is 19.8 Å². The second kappa shape index (κ2) is 10.4. The third-order valence-electron chi connectivity index (χ3n) is 5.24. The number of amides is 2. The molecule has 11 heteroatoms. The largest absolute Gasteiger partial charge is 0.494 e. The van der Waals surface area contributed by atoms with E-state index in [4.69, 9.17) is 15.2 Å². The first-order valence-electron chi connectivity index (χ1n) is 10.6. The monoisotopic (exact) mass is 463 g/mol. The lowest BCUT2D eigenvalue weighted by atomic mass is 9.96. The lowest BCUT2D eigenvalue weighted by Gasteiger charge is -2.39. The van der Waals surface area contributed by atoms with Crippen molar-refractivity contribution in [3.05, 3.63) is 41.7 Å². The lowest BCUT2D eigenvalue weighted by Crippen LogP contribution is -2.52. The molecule has 1 aliphatic rings. The van der Waals surface area contributed by atoms with E-state index in [1.165, 1.54) is 0 Å². The van der Waals surface area contributed by atoms with E-state index in [0.29, 0.717) is 29.6 Å². The molecule has 3 N–H and O–H groups in total. The summed E-state index contributed by atoms with van der Waals surface area (Å²) in [7, 11) is 0. The molecule has 1 aliphatic heterocycles. The highest BCUT2D eigenvalue weighted by Gasteiger charge is 2.42. The van der Waals surface area contributed by atoms with Crippen molar-refractivity contribution in [2.75, 3.05) is 25.1 Å². The third kappa shape index (κ3) is 6.50. The summed E-state index contributed by atoms with van der Waals surface area (Å²) in [4.78, 5) is 33.8. The second-order valence-corrected chi connectivity index (χ2v) is 7.73. The molecule has 1 saturated heterocycles. The summed E-state index contributed by atoms with van der Waals surface area (Å²) in [5.74, 6) is -2.21. The third-order valence-corrected chi connectivity index (χ3v) is 5.24. The number of hydrogen-bond acceptors (Lipinski definition) is 7. The average molecular weight is 463 g/mol. The Morgan fingerprint density at radius 3 is 2.82 bits per heavy atom. The predicted octanol–water partition coefficient (Wildman–Crippen LogP) is 3.65. The van der Waals surface area contributed by atoms with Crippen LogP contribution in [0.2, 0.25) is 0 Å². The molecule has 0 spiro atoms. The summed E-state index contributed by atoms with van der Waals surface area (Å²) in [5, 5.41) is 3.01. The molecule has 1 fully saturated rings.